The minimum absolute atomic E-state index is 0.185. The number of aryl methyl sites for hydroxylation is 1. The van der Waals surface area contributed by atoms with Gasteiger partial charge in [0.25, 0.3) is 5.91 Å². The average molecular weight is 496 g/mol. The van der Waals surface area contributed by atoms with E-state index < -0.39 is 10.0 Å². The minimum atomic E-state index is -3.70. The van der Waals surface area contributed by atoms with Crippen molar-refractivity contribution in [2.24, 2.45) is 0 Å². The maximum absolute atomic E-state index is 13.2. The van der Waals surface area contributed by atoms with Gasteiger partial charge in [-0.3, -0.25) is 9.78 Å². The minimum Gasteiger partial charge on any atom is -0.489 e. The van der Waals surface area contributed by atoms with E-state index in [1.807, 2.05) is 43.3 Å². The molecule has 1 aromatic heterocycles. The van der Waals surface area contributed by atoms with Gasteiger partial charge in [0, 0.05) is 43.2 Å². The summed E-state index contributed by atoms with van der Waals surface area (Å²) in [5, 5.41) is 2.87. The number of nitrogens with zero attached hydrogens (tertiary/aromatic N) is 2. The molecule has 4 rings (SSSR count). The molecule has 0 radical (unpaired) electrons. The lowest BCUT2D eigenvalue weighted by atomic mass is 10.1. The van der Waals surface area contributed by atoms with Gasteiger partial charge in [-0.25, -0.2) is 8.42 Å². The van der Waals surface area contributed by atoms with E-state index in [2.05, 4.69) is 10.3 Å². The summed E-state index contributed by atoms with van der Waals surface area (Å²) in [5.74, 6) is 0.389. The number of sulfonamides is 1. The Morgan fingerprint density at radius 2 is 1.86 bits per heavy atom. The zero-order valence-electron chi connectivity index (χ0n) is 19.6. The van der Waals surface area contributed by atoms with Crippen LogP contribution in [0.1, 0.15) is 34.0 Å². The molecule has 3 aromatic rings. The van der Waals surface area contributed by atoms with Crippen LogP contribution in [-0.2, 0) is 34.3 Å². The summed E-state index contributed by atoms with van der Waals surface area (Å²) in [6.45, 7) is 3.99. The van der Waals surface area contributed by atoms with Crippen LogP contribution in [0, 0.1) is 0 Å². The number of carbonyl (C=O) groups is 1. The SMILES string of the molecule is CCc1ccc(C(=O)NCc2ccc(OCc3cccnc3)cc2)cc1S(=O)(=O)N1CCOCC1. The molecule has 2 heterocycles. The molecule has 0 unspecified atom stereocenters. The molecule has 9 heteroatoms. The highest BCUT2D eigenvalue weighted by molar-refractivity contribution is 7.89. The maximum Gasteiger partial charge on any atom is 0.251 e. The van der Waals surface area contributed by atoms with E-state index in [0.29, 0.717) is 57.0 Å². The van der Waals surface area contributed by atoms with Crippen LogP contribution in [0.3, 0.4) is 0 Å². The van der Waals surface area contributed by atoms with Gasteiger partial charge in [-0.1, -0.05) is 31.2 Å². The second kappa shape index (κ2) is 11.4. The molecule has 8 nitrogen and oxygen atoms in total. The first-order valence-corrected chi connectivity index (χ1v) is 13.0. The van der Waals surface area contributed by atoms with E-state index in [1.165, 1.54) is 10.4 Å². The number of aromatic nitrogens is 1. The van der Waals surface area contributed by atoms with Gasteiger partial charge in [-0.05, 0) is 47.9 Å². The van der Waals surface area contributed by atoms with Crippen molar-refractivity contribution in [3.05, 3.63) is 89.2 Å². The van der Waals surface area contributed by atoms with Gasteiger partial charge in [0.05, 0.1) is 18.1 Å². The molecule has 0 saturated carbocycles. The van der Waals surface area contributed by atoms with Crippen molar-refractivity contribution >= 4 is 15.9 Å². The van der Waals surface area contributed by atoms with E-state index in [4.69, 9.17) is 9.47 Å². The third-order valence-corrected chi connectivity index (χ3v) is 7.78. The number of hydrogen-bond donors (Lipinski definition) is 1. The molecule has 1 saturated heterocycles. The Morgan fingerprint density at radius 1 is 1.09 bits per heavy atom. The van der Waals surface area contributed by atoms with Crippen molar-refractivity contribution < 1.29 is 22.7 Å². The number of amides is 1. The normalized spacial score (nSPS) is 14.4. The summed E-state index contributed by atoms with van der Waals surface area (Å²) in [4.78, 5) is 17.1. The van der Waals surface area contributed by atoms with Crippen molar-refractivity contribution in [1.29, 1.82) is 0 Å². The number of nitrogens with one attached hydrogen (secondary N) is 1. The van der Waals surface area contributed by atoms with Crippen molar-refractivity contribution in [2.45, 2.75) is 31.4 Å². The van der Waals surface area contributed by atoms with Crippen molar-refractivity contribution in [3.8, 4) is 5.75 Å². The van der Waals surface area contributed by atoms with E-state index >= 15 is 0 Å². The molecule has 0 atom stereocenters. The fourth-order valence-electron chi connectivity index (χ4n) is 3.79. The monoisotopic (exact) mass is 495 g/mol. The number of carbonyl (C=O) groups excluding carboxylic acids is 1. The van der Waals surface area contributed by atoms with Crippen LogP contribution < -0.4 is 10.1 Å². The first-order chi connectivity index (χ1) is 17.0. The van der Waals surface area contributed by atoms with Crippen molar-refractivity contribution in [1.82, 2.24) is 14.6 Å². The summed E-state index contributed by atoms with van der Waals surface area (Å²) >= 11 is 0. The number of hydrogen-bond acceptors (Lipinski definition) is 6. The number of pyridine rings is 1. The van der Waals surface area contributed by atoms with Gasteiger partial charge in [-0.15, -0.1) is 0 Å². The van der Waals surface area contributed by atoms with E-state index in [0.717, 1.165) is 16.9 Å². The smallest absolute Gasteiger partial charge is 0.251 e. The predicted octanol–water partition coefficient (Wildman–Crippen LogP) is 3.17. The highest BCUT2D eigenvalue weighted by Crippen LogP contribution is 2.24. The molecule has 1 amide bonds. The van der Waals surface area contributed by atoms with Crippen LogP contribution >= 0.6 is 0 Å². The Morgan fingerprint density at radius 3 is 2.54 bits per heavy atom. The van der Waals surface area contributed by atoms with Crippen LogP contribution in [0.2, 0.25) is 0 Å². The Kier molecular flexibility index (Phi) is 8.12. The van der Waals surface area contributed by atoms with Crippen LogP contribution in [0.15, 0.2) is 71.9 Å². The predicted molar refractivity (Wildman–Crippen MR) is 132 cm³/mol. The first-order valence-electron chi connectivity index (χ1n) is 11.6. The third-order valence-electron chi connectivity index (χ3n) is 5.80. The molecule has 0 bridgehead atoms. The van der Waals surface area contributed by atoms with Crippen molar-refractivity contribution in [2.75, 3.05) is 26.3 Å². The second-order valence-electron chi connectivity index (χ2n) is 8.17. The highest BCUT2D eigenvalue weighted by Gasteiger charge is 2.29. The van der Waals surface area contributed by atoms with E-state index in [1.54, 1.807) is 24.5 Å². The molecule has 0 spiro atoms. The average Bonchev–Trinajstić information content (AvgIpc) is 2.91. The van der Waals surface area contributed by atoms with Gasteiger partial charge >= 0.3 is 0 Å². The molecular weight excluding hydrogens is 466 g/mol. The summed E-state index contributed by atoms with van der Waals surface area (Å²) in [6.07, 6.45) is 4.03. The number of morpholine rings is 1. The molecule has 184 valence electrons. The lowest BCUT2D eigenvalue weighted by molar-refractivity contribution is 0.0730. The molecular formula is C26H29N3O5S. The summed E-state index contributed by atoms with van der Waals surface area (Å²) in [6, 6.07) is 16.1. The third kappa shape index (κ3) is 6.25. The molecule has 35 heavy (non-hydrogen) atoms. The maximum atomic E-state index is 13.2. The van der Waals surface area contributed by atoms with Gasteiger partial charge in [0.15, 0.2) is 0 Å². The zero-order chi connectivity index (χ0) is 24.7. The summed E-state index contributed by atoms with van der Waals surface area (Å²) in [5.41, 5.74) is 2.88. The van der Waals surface area contributed by atoms with Gasteiger partial charge < -0.3 is 14.8 Å². The van der Waals surface area contributed by atoms with Gasteiger partial charge in [0.1, 0.15) is 12.4 Å². The number of benzene rings is 2. The Hall–Kier alpha value is -3.27. The lowest BCUT2D eigenvalue weighted by Crippen LogP contribution is -2.41. The van der Waals surface area contributed by atoms with E-state index in [-0.39, 0.29) is 10.8 Å². The fourth-order valence-corrected chi connectivity index (χ4v) is 5.52. The quantitative estimate of drug-likeness (QED) is 0.490. The highest BCUT2D eigenvalue weighted by atomic mass is 32.2. The van der Waals surface area contributed by atoms with Crippen LogP contribution in [0.4, 0.5) is 0 Å². The molecule has 1 aliphatic heterocycles. The van der Waals surface area contributed by atoms with Gasteiger partial charge in [-0.2, -0.15) is 4.31 Å². The van der Waals surface area contributed by atoms with Gasteiger partial charge in [0.2, 0.25) is 10.0 Å². The second-order valence-corrected chi connectivity index (χ2v) is 10.1. The first kappa shape index (κ1) is 24.8. The van der Waals surface area contributed by atoms with E-state index in [9.17, 15) is 13.2 Å². The summed E-state index contributed by atoms with van der Waals surface area (Å²) < 4.78 is 38.9. The zero-order valence-corrected chi connectivity index (χ0v) is 20.5. The van der Waals surface area contributed by atoms with Crippen LogP contribution in [0.5, 0.6) is 5.75 Å². The van der Waals surface area contributed by atoms with Crippen molar-refractivity contribution in [3.63, 3.8) is 0 Å². The standard InChI is InChI=1S/C26H29N3O5S/c1-2-22-7-8-23(16-25(22)35(31,32)29-12-14-33-15-13-29)26(30)28-18-20-5-9-24(10-6-20)34-19-21-4-3-11-27-17-21/h3-11,16-17H,2,12-15,18-19H2,1H3,(H,28,30). The topological polar surface area (TPSA) is 97.8 Å². The molecule has 1 aliphatic rings. The number of rotatable bonds is 9. The molecule has 2 aromatic carbocycles. The number of ether oxygens (including phenoxy) is 2. The molecule has 0 aliphatic carbocycles. The lowest BCUT2D eigenvalue weighted by Gasteiger charge is -2.27. The summed E-state index contributed by atoms with van der Waals surface area (Å²) in [7, 11) is -3.70. The Labute approximate surface area is 206 Å². The fraction of sp³-hybridized carbons (Fsp3) is 0.308. The largest absolute Gasteiger partial charge is 0.489 e. The molecule has 1 N–H and O–H groups in total. The Bertz CT molecular complexity index is 1240. The van der Waals surface area contributed by atoms with Crippen LogP contribution in [-0.4, -0.2) is 49.9 Å². The molecule has 1 fully saturated rings. The van der Waals surface area contributed by atoms with Crippen LogP contribution in [0.25, 0.3) is 0 Å². The Balaban J connectivity index is 1.39.